The Labute approximate surface area is 258 Å². The number of aromatic nitrogens is 6. The first-order valence-corrected chi connectivity index (χ1v) is 16.2. The van der Waals surface area contributed by atoms with E-state index in [-0.39, 0.29) is 36.6 Å². The van der Waals surface area contributed by atoms with E-state index >= 15 is 0 Å². The molecule has 2 saturated carbocycles. The lowest BCUT2D eigenvalue weighted by Crippen LogP contribution is -2.47. The maximum atomic E-state index is 13.6. The fourth-order valence-electron chi connectivity index (χ4n) is 7.29. The largest absolute Gasteiger partial charge is 0.393 e. The van der Waals surface area contributed by atoms with Crippen molar-refractivity contribution in [1.29, 1.82) is 0 Å². The van der Waals surface area contributed by atoms with Gasteiger partial charge in [-0.05, 0) is 75.7 Å². The Morgan fingerprint density at radius 3 is 2.53 bits per heavy atom. The van der Waals surface area contributed by atoms with E-state index in [1.165, 1.54) is 0 Å². The van der Waals surface area contributed by atoms with Crippen LogP contribution in [0.25, 0.3) is 5.78 Å². The van der Waals surface area contributed by atoms with Crippen molar-refractivity contribution in [2.24, 2.45) is 29.6 Å². The van der Waals surface area contributed by atoms with Crippen LogP contribution in [0.5, 0.6) is 0 Å². The highest BCUT2D eigenvalue weighted by Crippen LogP contribution is 2.54. The van der Waals surface area contributed by atoms with Gasteiger partial charge in [-0.25, -0.2) is 14.5 Å². The van der Waals surface area contributed by atoms with Gasteiger partial charge in [0.2, 0.25) is 5.91 Å². The minimum atomic E-state index is -4.39. The Bertz CT molecular complexity index is 1540. The molecule has 14 heteroatoms. The third-order valence-electron chi connectivity index (χ3n) is 9.98. The van der Waals surface area contributed by atoms with Crippen LogP contribution in [0.3, 0.4) is 0 Å². The van der Waals surface area contributed by atoms with Crippen molar-refractivity contribution in [3.05, 3.63) is 41.2 Å². The second-order valence-electron chi connectivity index (χ2n) is 13.1. The molecule has 7 rings (SSSR count). The van der Waals surface area contributed by atoms with Crippen LogP contribution in [0.4, 0.5) is 13.2 Å². The third-order valence-corrected chi connectivity index (χ3v) is 9.98. The number of nitrogens with one attached hydrogen (secondary N) is 2. The highest BCUT2D eigenvalue weighted by Gasteiger charge is 2.48. The summed E-state index contributed by atoms with van der Waals surface area (Å²) in [6.07, 6.45) is 4.64. The van der Waals surface area contributed by atoms with Gasteiger partial charge in [-0.2, -0.15) is 23.4 Å². The number of nitrogens with zero attached hydrogens (tertiary/aromatic N) is 6. The number of amides is 2. The van der Waals surface area contributed by atoms with Crippen molar-refractivity contribution < 1.29 is 27.5 Å². The van der Waals surface area contributed by atoms with E-state index in [9.17, 15) is 22.8 Å². The molecule has 0 unspecified atom stereocenters. The van der Waals surface area contributed by atoms with E-state index in [1.54, 1.807) is 27.7 Å². The molecule has 45 heavy (non-hydrogen) atoms. The number of ether oxygens (including phenoxy) is 1. The molecule has 2 amide bonds. The van der Waals surface area contributed by atoms with Crippen LogP contribution < -0.4 is 10.6 Å². The van der Waals surface area contributed by atoms with Crippen LogP contribution in [0.1, 0.15) is 91.4 Å². The average Bonchev–Trinajstić information content (AvgIpc) is 3.95. The van der Waals surface area contributed by atoms with Gasteiger partial charge in [0.25, 0.3) is 11.7 Å². The average molecular weight is 629 g/mol. The van der Waals surface area contributed by atoms with E-state index in [0.29, 0.717) is 73.0 Å². The van der Waals surface area contributed by atoms with E-state index < -0.39 is 30.5 Å². The summed E-state index contributed by atoms with van der Waals surface area (Å²) in [4.78, 5) is 36.2. The van der Waals surface area contributed by atoms with Crippen LogP contribution in [0.2, 0.25) is 0 Å². The maximum absolute atomic E-state index is 13.6. The van der Waals surface area contributed by atoms with Gasteiger partial charge < -0.3 is 15.4 Å². The molecular weight excluding hydrogens is 589 g/mol. The number of alkyl halides is 3. The Morgan fingerprint density at radius 2 is 1.87 bits per heavy atom. The van der Waals surface area contributed by atoms with E-state index in [2.05, 4.69) is 15.7 Å². The molecule has 0 radical (unpaired) electrons. The number of hydrogen-bond donors (Lipinski definition) is 2. The van der Waals surface area contributed by atoms with Crippen molar-refractivity contribution >= 4 is 17.6 Å². The molecule has 242 valence electrons. The zero-order valence-electron chi connectivity index (χ0n) is 25.3. The number of aryl methyl sites for hydroxylation is 1. The number of halogens is 3. The van der Waals surface area contributed by atoms with E-state index in [4.69, 9.17) is 19.8 Å². The van der Waals surface area contributed by atoms with Crippen molar-refractivity contribution in [3.8, 4) is 0 Å². The summed E-state index contributed by atoms with van der Waals surface area (Å²) < 4.78 is 49.6. The number of hydrogen-bond acceptors (Lipinski definition) is 7. The van der Waals surface area contributed by atoms with Crippen LogP contribution >= 0.6 is 0 Å². The lowest BCUT2D eigenvalue weighted by molar-refractivity contribution is -0.183. The summed E-state index contributed by atoms with van der Waals surface area (Å²) in [5.41, 5.74) is 2.32. The van der Waals surface area contributed by atoms with E-state index in [0.717, 1.165) is 25.7 Å². The molecule has 0 bridgehead atoms. The smallest absolute Gasteiger partial charge is 0.381 e. The second kappa shape index (κ2) is 12.0. The molecule has 4 fully saturated rings. The van der Waals surface area contributed by atoms with Gasteiger partial charge in [-0.3, -0.25) is 14.3 Å². The first-order valence-electron chi connectivity index (χ1n) is 16.2. The highest BCUT2D eigenvalue weighted by atomic mass is 19.4. The normalized spacial score (nSPS) is 23.8. The number of rotatable bonds is 10. The van der Waals surface area contributed by atoms with Gasteiger partial charge in [0.15, 0.2) is 0 Å². The second-order valence-corrected chi connectivity index (χ2v) is 13.1. The maximum Gasteiger partial charge on any atom is 0.393 e. The lowest BCUT2D eigenvalue weighted by Gasteiger charge is -2.31. The molecule has 2 aliphatic carbocycles. The predicted molar refractivity (Wildman–Crippen MR) is 155 cm³/mol. The molecule has 5 heterocycles. The Hall–Kier alpha value is -3.55. The van der Waals surface area contributed by atoms with Crippen molar-refractivity contribution in [2.45, 2.75) is 83.0 Å². The molecule has 3 atom stereocenters. The highest BCUT2D eigenvalue weighted by molar-refractivity contribution is 5.92. The van der Waals surface area contributed by atoms with Gasteiger partial charge in [-0.15, -0.1) is 0 Å². The number of carbonyl (C=O) groups excluding carboxylic acids is 2. The van der Waals surface area contributed by atoms with Crippen LogP contribution in [-0.2, 0) is 22.5 Å². The first kappa shape index (κ1) is 30.1. The monoisotopic (exact) mass is 628 g/mol. The summed E-state index contributed by atoms with van der Waals surface area (Å²) in [5.74, 6) is -1.47. The third kappa shape index (κ3) is 6.30. The topological polar surface area (TPSA) is 128 Å². The lowest BCUT2D eigenvalue weighted by atomic mass is 9.84. The molecule has 2 saturated heterocycles. The van der Waals surface area contributed by atoms with Crippen molar-refractivity contribution in [1.82, 2.24) is 40.0 Å². The molecule has 0 aromatic carbocycles. The van der Waals surface area contributed by atoms with E-state index in [1.807, 2.05) is 6.92 Å². The number of carbonyl (C=O) groups is 2. The molecule has 3 aromatic heterocycles. The predicted octanol–water partition coefficient (Wildman–Crippen LogP) is 4.00. The molecule has 4 aliphatic rings. The number of piperidine rings is 1. The Balaban J connectivity index is 1.25. The number of fused-ring (bicyclic) bond motifs is 1. The summed E-state index contributed by atoms with van der Waals surface area (Å²) >= 11 is 0. The molecule has 11 nitrogen and oxygen atoms in total. The molecular formula is C31H39F3N8O3. The number of imidazole rings is 1. The van der Waals surface area contributed by atoms with Crippen LogP contribution in [-0.4, -0.2) is 67.1 Å². The van der Waals surface area contributed by atoms with Crippen molar-refractivity contribution in [2.75, 3.05) is 19.8 Å². The summed E-state index contributed by atoms with van der Waals surface area (Å²) in [6.45, 7) is 3.19. The quantitative estimate of drug-likeness (QED) is 0.348. The molecule has 2 N–H and O–H groups in total. The van der Waals surface area contributed by atoms with Gasteiger partial charge >= 0.3 is 6.18 Å². The Morgan fingerprint density at radius 1 is 1.13 bits per heavy atom. The summed E-state index contributed by atoms with van der Waals surface area (Å²) in [5, 5.41) is 14.9. The minimum Gasteiger partial charge on any atom is -0.381 e. The standard InChI is InChI=1S/C31H39F3N8O3/c1-2-41-24(7-10-36-41)29(44)38-27(25(17-3-4-17)18-5-6-18)23-16-42-30(37-23)39-26(19-8-11-45-12-9-19)22(40-42)14-20-13-21(31(32,33)34)15-35-28(20)43/h7,10,16-21,25,27H,2-6,8-9,11-15H2,1H3,(H,35,43)(H,38,44)/t20-,21-,27-/m1/s1. The fraction of sp³-hybridized carbons (Fsp3) is 0.677. The zero-order valence-corrected chi connectivity index (χ0v) is 25.3. The molecule has 0 spiro atoms. The van der Waals surface area contributed by atoms with Gasteiger partial charge in [0, 0.05) is 50.8 Å². The van der Waals surface area contributed by atoms with Gasteiger partial charge in [0.1, 0.15) is 5.69 Å². The van der Waals surface area contributed by atoms with Crippen LogP contribution in [0.15, 0.2) is 18.5 Å². The fourth-order valence-corrected chi connectivity index (χ4v) is 7.29. The summed E-state index contributed by atoms with van der Waals surface area (Å²) in [6, 6.07) is 1.36. The van der Waals surface area contributed by atoms with Gasteiger partial charge in [0.05, 0.1) is 35.2 Å². The molecule has 3 aromatic rings. The zero-order chi connectivity index (χ0) is 31.3. The summed E-state index contributed by atoms with van der Waals surface area (Å²) in [7, 11) is 0. The van der Waals surface area contributed by atoms with Gasteiger partial charge in [-0.1, -0.05) is 0 Å². The van der Waals surface area contributed by atoms with Crippen LogP contribution in [0, 0.1) is 29.6 Å². The molecule has 2 aliphatic heterocycles. The Kier molecular flexibility index (Phi) is 8.03. The minimum absolute atomic E-state index is 0.00743. The van der Waals surface area contributed by atoms with Crippen molar-refractivity contribution in [3.63, 3.8) is 0 Å². The SMILES string of the molecule is CCn1nccc1C(=O)N[C@H](c1cn2nc(C[C@H]3C[C@@H](C(F)(F)F)CNC3=O)c(C3CCOCC3)nc2n1)C(C1CC1)C1CC1. The first-order chi connectivity index (χ1) is 21.7.